The van der Waals surface area contributed by atoms with Gasteiger partial charge in [-0.25, -0.2) is 0 Å². The molecule has 0 fully saturated rings. The molecule has 2 aromatic rings. The van der Waals surface area contributed by atoms with Crippen LogP contribution in [0.5, 0.6) is 0 Å². The first-order chi connectivity index (χ1) is 9.66. The Hall–Kier alpha value is -1.16. The normalized spacial score (nSPS) is 14.4. The zero-order valence-corrected chi connectivity index (χ0v) is 13.1. The first-order valence-electron chi connectivity index (χ1n) is 7.18. The van der Waals surface area contributed by atoms with E-state index in [4.69, 9.17) is 5.73 Å². The smallest absolute Gasteiger partial charge is 0.0333 e. The van der Waals surface area contributed by atoms with Crippen molar-refractivity contribution in [3.63, 3.8) is 0 Å². The van der Waals surface area contributed by atoms with Gasteiger partial charge in [0.1, 0.15) is 0 Å². The number of benzene rings is 1. The number of nitrogens with two attached hydrogens (primary N) is 1. The average Bonchev–Trinajstić information content (AvgIpc) is 2.98. The van der Waals surface area contributed by atoms with Gasteiger partial charge in [-0.05, 0) is 36.4 Å². The summed E-state index contributed by atoms with van der Waals surface area (Å²) >= 11 is 1.84. The minimum Gasteiger partial charge on any atom is -0.324 e. The molecule has 0 saturated carbocycles. The van der Waals surface area contributed by atoms with Gasteiger partial charge in [-0.2, -0.15) is 0 Å². The SMILES string of the molecule is CC(CN(C)CCc1cccs1)C(N)c1ccccc1. The van der Waals surface area contributed by atoms with Gasteiger partial charge in [0.25, 0.3) is 0 Å². The Balaban J connectivity index is 1.79. The maximum atomic E-state index is 6.35. The molecule has 2 N–H and O–H groups in total. The van der Waals surface area contributed by atoms with E-state index in [-0.39, 0.29) is 6.04 Å². The van der Waals surface area contributed by atoms with Gasteiger partial charge in [0.15, 0.2) is 0 Å². The van der Waals surface area contributed by atoms with Crippen LogP contribution < -0.4 is 5.73 Å². The minimum atomic E-state index is 0.111. The highest BCUT2D eigenvalue weighted by atomic mass is 32.1. The minimum absolute atomic E-state index is 0.111. The van der Waals surface area contributed by atoms with E-state index in [2.05, 4.69) is 60.6 Å². The summed E-state index contributed by atoms with van der Waals surface area (Å²) in [5.74, 6) is 0.450. The maximum absolute atomic E-state index is 6.35. The topological polar surface area (TPSA) is 29.3 Å². The van der Waals surface area contributed by atoms with Crippen LogP contribution in [0.2, 0.25) is 0 Å². The fourth-order valence-electron chi connectivity index (χ4n) is 2.46. The number of rotatable bonds is 7. The second kappa shape index (κ2) is 7.58. The van der Waals surface area contributed by atoms with Crippen LogP contribution in [0, 0.1) is 5.92 Å². The number of thiophene rings is 1. The fourth-order valence-corrected chi connectivity index (χ4v) is 3.15. The molecular formula is C17H24N2S. The lowest BCUT2D eigenvalue weighted by Crippen LogP contribution is -2.32. The summed E-state index contributed by atoms with van der Waals surface area (Å²) in [5, 5.41) is 2.14. The highest BCUT2D eigenvalue weighted by Crippen LogP contribution is 2.19. The van der Waals surface area contributed by atoms with Crippen molar-refractivity contribution in [2.45, 2.75) is 19.4 Å². The third-order valence-electron chi connectivity index (χ3n) is 3.72. The number of hydrogen-bond donors (Lipinski definition) is 1. The van der Waals surface area contributed by atoms with Crippen molar-refractivity contribution in [2.75, 3.05) is 20.1 Å². The van der Waals surface area contributed by atoms with Gasteiger partial charge < -0.3 is 10.6 Å². The molecule has 2 atom stereocenters. The first-order valence-corrected chi connectivity index (χ1v) is 8.06. The molecule has 0 amide bonds. The van der Waals surface area contributed by atoms with Gasteiger partial charge in [0.05, 0.1) is 0 Å². The molecule has 2 unspecified atom stereocenters. The molecule has 3 heteroatoms. The van der Waals surface area contributed by atoms with Gasteiger partial charge in [0.2, 0.25) is 0 Å². The molecule has 1 aromatic heterocycles. The van der Waals surface area contributed by atoms with E-state index in [0.29, 0.717) is 5.92 Å². The highest BCUT2D eigenvalue weighted by molar-refractivity contribution is 7.09. The molecule has 1 aromatic carbocycles. The van der Waals surface area contributed by atoms with Crippen LogP contribution in [0.1, 0.15) is 23.4 Å². The van der Waals surface area contributed by atoms with Gasteiger partial charge in [-0.15, -0.1) is 11.3 Å². The molecule has 0 aliphatic carbocycles. The van der Waals surface area contributed by atoms with Crippen LogP contribution in [-0.2, 0) is 6.42 Å². The summed E-state index contributed by atoms with van der Waals surface area (Å²) < 4.78 is 0. The number of hydrogen-bond acceptors (Lipinski definition) is 3. The monoisotopic (exact) mass is 288 g/mol. The van der Waals surface area contributed by atoms with Crippen molar-refractivity contribution in [3.05, 3.63) is 58.3 Å². The zero-order chi connectivity index (χ0) is 14.4. The van der Waals surface area contributed by atoms with Crippen molar-refractivity contribution in [3.8, 4) is 0 Å². The Kier molecular flexibility index (Phi) is 5.77. The standard InChI is InChI=1S/C17H24N2S/c1-14(17(18)15-7-4-3-5-8-15)13-19(2)11-10-16-9-6-12-20-16/h3-9,12,14,17H,10-11,13,18H2,1-2H3. The number of likely N-dealkylation sites (N-methyl/N-ethyl adjacent to an activating group) is 1. The van der Waals surface area contributed by atoms with E-state index in [0.717, 1.165) is 19.5 Å². The lowest BCUT2D eigenvalue weighted by atomic mass is 9.95. The van der Waals surface area contributed by atoms with Crippen LogP contribution in [0.25, 0.3) is 0 Å². The van der Waals surface area contributed by atoms with Gasteiger partial charge in [-0.3, -0.25) is 0 Å². The van der Waals surface area contributed by atoms with Crippen molar-refractivity contribution < 1.29 is 0 Å². The quantitative estimate of drug-likeness (QED) is 0.844. The average molecular weight is 288 g/mol. The zero-order valence-electron chi connectivity index (χ0n) is 12.3. The van der Waals surface area contributed by atoms with Crippen molar-refractivity contribution in [1.82, 2.24) is 4.90 Å². The largest absolute Gasteiger partial charge is 0.324 e. The predicted octanol–water partition coefficient (Wildman–Crippen LogP) is 3.56. The molecule has 0 spiro atoms. The van der Waals surface area contributed by atoms with Gasteiger partial charge >= 0.3 is 0 Å². The Labute approximate surface area is 126 Å². The number of nitrogens with zero attached hydrogens (tertiary/aromatic N) is 1. The van der Waals surface area contributed by atoms with E-state index >= 15 is 0 Å². The Morgan fingerprint density at radius 1 is 1.15 bits per heavy atom. The van der Waals surface area contributed by atoms with E-state index in [1.165, 1.54) is 10.4 Å². The lowest BCUT2D eigenvalue weighted by Gasteiger charge is -2.26. The molecule has 0 aliphatic heterocycles. The van der Waals surface area contributed by atoms with E-state index in [1.807, 2.05) is 17.4 Å². The van der Waals surface area contributed by atoms with E-state index in [1.54, 1.807) is 0 Å². The summed E-state index contributed by atoms with van der Waals surface area (Å²) in [6.07, 6.45) is 1.13. The molecule has 0 radical (unpaired) electrons. The molecule has 2 nitrogen and oxygen atoms in total. The molecule has 0 bridgehead atoms. The second-order valence-corrected chi connectivity index (χ2v) is 6.54. The van der Waals surface area contributed by atoms with Crippen LogP contribution in [0.3, 0.4) is 0 Å². The molecule has 20 heavy (non-hydrogen) atoms. The van der Waals surface area contributed by atoms with E-state index in [9.17, 15) is 0 Å². The molecule has 1 heterocycles. The highest BCUT2D eigenvalue weighted by Gasteiger charge is 2.16. The van der Waals surface area contributed by atoms with Crippen LogP contribution in [0.4, 0.5) is 0 Å². The summed E-state index contributed by atoms with van der Waals surface area (Å²) in [4.78, 5) is 3.84. The summed E-state index contributed by atoms with van der Waals surface area (Å²) in [6.45, 7) is 4.35. The Morgan fingerprint density at radius 2 is 1.90 bits per heavy atom. The van der Waals surface area contributed by atoms with Crippen molar-refractivity contribution in [2.24, 2.45) is 11.7 Å². The summed E-state index contributed by atoms with van der Waals surface area (Å²) in [5.41, 5.74) is 7.58. The first kappa shape index (κ1) is 15.2. The third kappa shape index (κ3) is 4.44. The maximum Gasteiger partial charge on any atom is 0.0333 e. The molecule has 108 valence electrons. The molecular weight excluding hydrogens is 264 g/mol. The third-order valence-corrected chi connectivity index (χ3v) is 4.65. The molecule has 0 saturated heterocycles. The summed E-state index contributed by atoms with van der Waals surface area (Å²) in [7, 11) is 2.18. The lowest BCUT2D eigenvalue weighted by molar-refractivity contribution is 0.267. The van der Waals surface area contributed by atoms with Crippen LogP contribution in [-0.4, -0.2) is 25.0 Å². The summed E-state index contributed by atoms with van der Waals surface area (Å²) in [6, 6.07) is 14.8. The molecule has 0 aliphatic rings. The van der Waals surface area contributed by atoms with Crippen LogP contribution >= 0.6 is 11.3 Å². The molecule has 2 rings (SSSR count). The Morgan fingerprint density at radius 3 is 2.55 bits per heavy atom. The van der Waals surface area contributed by atoms with E-state index < -0.39 is 0 Å². The second-order valence-electron chi connectivity index (χ2n) is 5.51. The van der Waals surface area contributed by atoms with Crippen LogP contribution in [0.15, 0.2) is 47.8 Å². The Bertz CT molecular complexity index is 481. The predicted molar refractivity (Wildman–Crippen MR) is 88.1 cm³/mol. The van der Waals surface area contributed by atoms with Crippen molar-refractivity contribution >= 4 is 11.3 Å². The fraction of sp³-hybridized carbons (Fsp3) is 0.412. The van der Waals surface area contributed by atoms with Crippen molar-refractivity contribution in [1.29, 1.82) is 0 Å². The van der Waals surface area contributed by atoms with Gasteiger partial charge in [0, 0.05) is 24.0 Å². The van der Waals surface area contributed by atoms with Gasteiger partial charge in [-0.1, -0.05) is 43.3 Å².